The smallest absolute Gasteiger partial charge is 0.243 e. The van der Waals surface area contributed by atoms with Crippen LogP contribution in [0, 0.1) is 0 Å². The second-order valence-corrected chi connectivity index (χ2v) is 13.2. The Bertz CT molecular complexity index is 1250. The van der Waals surface area contributed by atoms with Gasteiger partial charge in [0.05, 0.1) is 22.6 Å². The maximum absolute atomic E-state index is 13.7. The van der Waals surface area contributed by atoms with Crippen molar-refractivity contribution in [2.75, 3.05) is 25.9 Å². The predicted octanol–water partition coefficient (Wildman–Crippen LogP) is 3.64. The zero-order chi connectivity index (χ0) is 23.5. The molecule has 2 aromatic heterocycles. The number of nitrogens with zero attached hydrogens (tertiary/aromatic N) is 2. The molecule has 3 heterocycles. The van der Waals surface area contributed by atoms with E-state index in [1.807, 2.05) is 0 Å². The van der Waals surface area contributed by atoms with Crippen molar-refractivity contribution in [1.82, 2.24) is 9.21 Å². The summed E-state index contributed by atoms with van der Waals surface area (Å²) in [5.74, 6) is 0.554. The summed E-state index contributed by atoms with van der Waals surface area (Å²) in [6.45, 7) is 2.68. The largest absolute Gasteiger partial charge is 0.468 e. The van der Waals surface area contributed by atoms with E-state index in [1.54, 1.807) is 23.5 Å². The van der Waals surface area contributed by atoms with E-state index in [-0.39, 0.29) is 22.4 Å². The van der Waals surface area contributed by atoms with E-state index in [0.717, 1.165) is 32.3 Å². The minimum absolute atomic E-state index is 0.00933. The van der Waals surface area contributed by atoms with Crippen LogP contribution in [-0.2, 0) is 32.8 Å². The number of rotatable bonds is 9. The average Bonchev–Trinajstić information content (AvgIpc) is 3.50. The predicted molar refractivity (Wildman–Crippen MR) is 128 cm³/mol. The van der Waals surface area contributed by atoms with Crippen LogP contribution in [0.1, 0.15) is 23.5 Å². The molecule has 1 aliphatic rings. The van der Waals surface area contributed by atoms with Crippen LogP contribution in [0.25, 0.3) is 0 Å². The number of hydrogen-bond donors (Lipinski definition) is 0. The highest BCUT2D eigenvalue weighted by atomic mass is 32.2. The second-order valence-electron chi connectivity index (χ2n) is 8.28. The van der Waals surface area contributed by atoms with E-state index in [0.29, 0.717) is 18.6 Å². The van der Waals surface area contributed by atoms with Crippen molar-refractivity contribution in [3.63, 3.8) is 0 Å². The van der Waals surface area contributed by atoms with Crippen LogP contribution in [0.5, 0.6) is 0 Å². The molecule has 1 saturated heterocycles. The van der Waals surface area contributed by atoms with Crippen molar-refractivity contribution in [1.29, 1.82) is 0 Å². The first-order valence-electron chi connectivity index (χ1n) is 10.8. The summed E-state index contributed by atoms with van der Waals surface area (Å²) in [4.78, 5) is 3.70. The lowest BCUT2D eigenvalue weighted by Gasteiger charge is -2.37. The summed E-state index contributed by atoms with van der Waals surface area (Å²) < 4.78 is 58.3. The molecule has 7 nitrogen and oxygen atoms in total. The highest BCUT2D eigenvalue weighted by Gasteiger charge is 2.35. The molecule has 1 aliphatic heterocycles. The highest BCUT2D eigenvalue weighted by Crippen LogP contribution is 2.28. The maximum atomic E-state index is 13.7. The number of likely N-dealkylation sites (tertiary alicyclic amines) is 1. The van der Waals surface area contributed by atoms with Gasteiger partial charge in [0.25, 0.3) is 0 Å². The van der Waals surface area contributed by atoms with E-state index >= 15 is 0 Å². The van der Waals surface area contributed by atoms with E-state index < -0.39 is 19.9 Å². The van der Waals surface area contributed by atoms with Gasteiger partial charge < -0.3 is 9.32 Å². The molecule has 0 unspecified atom stereocenters. The Kier molecular flexibility index (Phi) is 7.40. The number of sulfonamides is 1. The molecule has 3 aromatic rings. The van der Waals surface area contributed by atoms with Crippen LogP contribution < -0.4 is 0 Å². The first-order chi connectivity index (χ1) is 15.7. The van der Waals surface area contributed by atoms with Crippen LogP contribution >= 0.6 is 11.3 Å². The molecule has 1 fully saturated rings. The fourth-order valence-corrected chi connectivity index (χ4v) is 7.26. The highest BCUT2D eigenvalue weighted by molar-refractivity contribution is 7.91. The second kappa shape index (κ2) is 10.1. The van der Waals surface area contributed by atoms with Gasteiger partial charge in [-0.25, -0.2) is 16.8 Å². The van der Waals surface area contributed by atoms with Crippen molar-refractivity contribution < 1.29 is 21.3 Å². The minimum Gasteiger partial charge on any atom is -0.468 e. The van der Waals surface area contributed by atoms with Gasteiger partial charge in [-0.15, -0.1) is 11.3 Å². The summed E-state index contributed by atoms with van der Waals surface area (Å²) in [5, 5.41) is 2.08. The van der Waals surface area contributed by atoms with Gasteiger partial charge in [-0.1, -0.05) is 12.1 Å². The third kappa shape index (κ3) is 5.93. The molecule has 0 amide bonds. The zero-order valence-corrected chi connectivity index (χ0v) is 20.9. The fraction of sp³-hybridized carbons (Fsp3) is 0.391. The molecule has 0 spiro atoms. The first-order valence-corrected chi connectivity index (χ1v) is 15.0. The van der Waals surface area contributed by atoms with Crippen LogP contribution in [0.3, 0.4) is 0 Å². The van der Waals surface area contributed by atoms with Gasteiger partial charge in [-0.3, -0.25) is 0 Å². The Hall–Kier alpha value is -1.98. The van der Waals surface area contributed by atoms with E-state index in [1.165, 1.54) is 39.7 Å². The number of sulfone groups is 1. The van der Waals surface area contributed by atoms with Crippen molar-refractivity contribution in [3.05, 3.63) is 70.8 Å². The van der Waals surface area contributed by atoms with Crippen LogP contribution in [0.15, 0.2) is 74.4 Å². The first kappa shape index (κ1) is 24.2. The molecular weight excluding hydrogens is 480 g/mol. The Morgan fingerprint density at radius 1 is 1.03 bits per heavy atom. The summed E-state index contributed by atoms with van der Waals surface area (Å²) in [6.07, 6.45) is 5.00. The number of piperidine rings is 1. The van der Waals surface area contributed by atoms with Gasteiger partial charge in [0.1, 0.15) is 5.76 Å². The van der Waals surface area contributed by atoms with Gasteiger partial charge in [0.2, 0.25) is 10.0 Å². The average molecular weight is 509 g/mol. The molecule has 0 radical (unpaired) electrons. The Morgan fingerprint density at radius 3 is 2.42 bits per heavy atom. The van der Waals surface area contributed by atoms with Crippen LogP contribution in [0.2, 0.25) is 0 Å². The topological polar surface area (TPSA) is 87.9 Å². The van der Waals surface area contributed by atoms with Gasteiger partial charge in [-0.2, -0.15) is 4.31 Å². The SMILES string of the molecule is CS(=O)(=O)c1cccc(S(=O)(=O)N(Cc2ccco2)C2CCN(CCc3cccs3)CC2)c1. The lowest BCUT2D eigenvalue weighted by molar-refractivity contribution is 0.153. The molecule has 33 heavy (non-hydrogen) atoms. The molecule has 10 heteroatoms. The van der Waals surface area contributed by atoms with Gasteiger partial charge in [-0.05, 0) is 74.1 Å². The van der Waals surface area contributed by atoms with E-state index in [2.05, 4.69) is 22.4 Å². The summed E-state index contributed by atoms with van der Waals surface area (Å²) in [5.41, 5.74) is 0. The monoisotopic (exact) mass is 508 g/mol. The summed E-state index contributed by atoms with van der Waals surface area (Å²) in [6, 6.07) is 13.1. The van der Waals surface area contributed by atoms with Gasteiger partial charge >= 0.3 is 0 Å². The number of furan rings is 1. The maximum Gasteiger partial charge on any atom is 0.243 e. The number of hydrogen-bond acceptors (Lipinski definition) is 7. The fourth-order valence-electron chi connectivity index (χ4n) is 4.12. The molecular formula is C23H28N2O5S3. The number of benzene rings is 1. The molecule has 0 saturated carbocycles. The Morgan fingerprint density at radius 2 is 1.79 bits per heavy atom. The van der Waals surface area contributed by atoms with E-state index in [9.17, 15) is 16.8 Å². The normalized spacial score (nSPS) is 16.4. The third-order valence-electron chi connectivity index (χ3n) is 5.95. The van der Waals surface area contributed by atoms with Crippen molar-refractivity contribution in [2.24, 2.45) is 0 Å². The molecule has 0 bridgehead atoms. The summed E-state index contributed by atoms with van der Waals surface area (Å²) >= 11 is 1.76. The molecule has 0 atom stereocenters. The van der Waals surface area contributed by atoms with Crippen molar-refractivity contribution in [3.8, 4) is 0 Å². The van der Waals surface area contributed by atoms with Gasteiger partial charge in [0, 0.05) is 23.7 Å². The van der Waals surface area contributed by atoms with Crippen molar-refractivity contribution in [2.45, 2.75) is 41.6 Å². The molecule has 178 valence electrons. The zero-order valence-electron chi connectivity index (χ0n) is 18.5. The lowest BCUT2D eigenvalue weighted by atomic mass is 10.0. The lowest BCUT2D eigenvalue weighted by Crippen LogP contribution is -2.47. The van der Waals surface area contributed by atoms with E-state index in [4.69, 9.17) is 4.42 Å². The Balaban J connectivity index is 1.53. The molecule has 0 aliphatic carbocycles. The van der Waals surface area contributed by atoms with Crippen LogP contribution in [-0.4, -0.2) is 58.0 Å². The quantitative estimate of drug-likeness (QED) is 0.439. The minimum atomic E-state index is -3.93. The Labute approximate surface area is 199 Å². The third-order valence-corrected chi connectivity index (χ3v) is 9.89. The summed E-state index contributed by atoms with van der Waals surface area (Å²) in [7, 11) is -7.46. The molecule has 4 rings (SSSR count). The van der Waals surface area contributed by atoms with Crippen molar-refractivity contribution >= 4 is 31.2 Å². The van der Waals surface area contributed by atoms with Gasteiger partial charge in [0.15, 0.2) is 9.84 Å². The standard InChI is InChI=1S/C23H28N2O5S3/c1-32(26,27)22-7-2-8-23(17-22)33(28,29)25(18-20-5-3-15-30-20)19-9-12-24(13-10-19)14-11-21-6-4-16-31-21/h2-8,15-17,19H,9-14,18H2,1H3. The number of thiophene rings is 1. The molecule has 0 N–H and O–H groups in total. The van der Waals surface area contributed by atoms with Crippen LogP contribution in [0.4, 0.5) is 0 Å². The molecule has 1 aromatic carbocycles.